The second kappa shape index (κ2) is 10.4. The van der Waals surface area contributed by atoms with Gasteiger partial charge in [-0.1, -0.05) is 25.1 Å². The van der Waals surface area contributed by atoms with Gasteiger partial charge in [-0.2, -0.15) is 0 Å². The molecule has 0 radical (unpaired) electrons. The lowest BCUT2D eigenvalue weighted by molar-refractivity contribution is -0.132. The van der Waals surface area contributed by atoms with Crippen molar-refractivity contribution in [2.75, 3.05) is 57.7 Å². The van der Waals surface area contributed by atoms with E-state index in [1.54, 1.807) is 0 Å². The molecule has 0 bridgehead atoms. The Balaban J connectivity index is 1.80. The van der Waals surface area contributed by atoms with E-state index in [9.17, 15) is 9.59 Å². The third-order valence-electron chi connectivity index (χ3n) is 5.31. The summed E-state index contributed by atoms with van der Waals surface area (Å²) in [6.45, 7) is 13.8. The minimum atomic E-state index is 0.0340. The highest BCUT2D eigenvalue weighted by Crippen LogP contribution is 2.21. The molecule has 150 valence electrons. The van der Waals surface area contributed by atoms with Crippen LogP contribution in [-0.4, -0.2) is 78.9 Å². The molecular weight excluding hydrogens is 340 g/mol. The first kappa shape index (κ1) is 21.4. The maximum absolute atomic E-state index is 12.5. The largest absolute Gasteiger partial charge is 0.342 e. The molecule has 0 atom stereocenters. The number of para-hydroxylation sites is 1. The zero-order chi connectivity index (χ0) is 19.8. The van der Waals surface area contributed by atoms with Crippen molar-refractivity contribution in [3.05, 3.63) is 29.3 Å². The third kappa shape index (κ3) is 6.04. The van der Waals surface area contributed by atoms with Crippen LogP contribution in [0.2, 0.25) is 0 Å². The molecule has 1 aromatic carbocycles. The predicted molar refractivity (Wildman–Crippen MR) is 110 cm³/mol. The molecule has 0 spiro atoms. The molecular formula is C21H34N4O2. The predicted octanol–water partition coefficient (Wildman–Crippen LogP) is 1.98. The van der Waals surface area contributed by atoms with E-state index < -0.39 is 0 Å². The van der Waals surface area contributed by atoms with Crippen molar-refractivity contribution in [2.24, 2.45) is 0 Å². The zero-order valence-electron chi connectivity index (χ0n) is 17.3. The standard InChI is InChI=1S/C21H34N4O2/c1-5-18-10-8-9-17(4)21(18)22-19(26)15-23-11-13-24(14-12-23)16-20(27)25(6-2)7-3/h8-10H,5-7,11-16H2,1-4H3,(H,22,26). The van der Waals surface area contributed by atoms with Gasteiger partial charge in [0, 0.05) is 45.0 Å². The molecule has 6 nitrogen and oxygen atoms in total. The maximum Gasteiger partial charge on any atom is 0.238 e. The molecule has 1 N–H and O–H groups in total. The summed E-state index contributed by atoms with van der Waals surface area (Å²) in [6.07, 6.45) is 0.899. The summed E-state index contributed by atoms with van der Waals surface area (Å²) in [5, 5.41) is 3.10. The van der Waals surface area contributed by atoms with Gasteiger partial charge in [0.2, 0.25) is 11.8 Å². The Morgan fingerprint density at radius 1 is 1.00 bits per heavy atom. The average molecular weight is 375 g/mol. The van der Waals surface area contributed by atoms with Gasteiger partial charge in [0.1, 0.15) is 0 Å². The Kier molecular flexibility index (Phi) is 8.25. The molecule has 2 amide bonds. The van der Waals surface area contributed by atoms with Crippen LogP contribution in [0.4, 0.5) is 5.69 Å². The van der Waals surface area contributed by atoms with Crippen LogP contribution in [0.3, 0.4) is 0 Å². The van der Waals surface area contributed by atoms with Crippen molar-refractivity contribution in [1.29, 1.82) is 0 Å². The van der Waals surface area contributed by atoms with E-state index in [1.807, 2.05) is 37.8 Å². The van der Waals surface area contributed by atoms with Crippen LogP contribution in [0.15, 0.2) is 18.2 Å². The Hall–Kier alpha value is -1.92. The fourth-order valence-corrected chi connectivity index (χ4v) is 3.56. The summed E-state index contributed by atoms with van der Waals surface area (Å²) in [5.74, 6) is 0.226. The van der Waals surface area contributed by atoms with E-state index in [4.69, 9.17) is 0 Å². The first-order valence-electron chi connectivity index (χ1n) is 10.1. The van der Waals surface area contributed by atoms with Gasteiger partial charge in [0.15, 0.2) is 0 Å². The number of aryl methyl sites for hydroxylation is 2. The molecule has 2 rings (SSSR count). The van der Waals surface area contributed by atoms with Crippen molar-refractivity contribution < 1.29 is 9.59 Å². The Morgan fingerprint density at radius 2 is 1.59 bits per heavy atom. The number of anilines is 1. The molecule has 1 heterocycles. The van der Waals surface area contributed by atoms with E-state index in [-0.39, 0.29) is 11.8 Å². The summed E-state index contributed by atoms with van der Waals surface area (Å²) in [6, 6.07) is 6.12. The van der Waals surface area contributed by atoms with Crippen LogP contribution >= 0.6 is 0 Å². The molecule has 1 fully saturated rings. The maximum atomic E-state index is 12.5. The number of amides is 2. The minimum absolute atomic E-state index is 0.0340. The normalized spacial score (nSPS) is 15.6. The Labute approximate surface area is 163 Å². The third-order valence-corrected chi connectivity index (χ3v) is 5.31. The van der Waals surface area contributed by atoms with Crippen LogP contribution in [0, 0.1) is 6.92 Å². The molecule has 0 aliphatic carbocycles. The van der Waals surface area contributed by atoms with E-state index >= 15 is 0 Å². The molecule has 0 saturated carbocycles. The molecule has 1 saturated heterocycles. The fourth-order valence-electron chi connectivity index (χ4n) is 3.56. The quantitative estimate of drug-likeness (QED) is 0.756. The number of benzene rings is 1. The molecule has 6 heteroatoms. The molecule has 0 aromatic heterocycles. The van der Waals surface area contributed by atoms with Gasteiger partial charge in [0.05, 0.1) is 13.1 Å². The van der Waals surface area contributed by atoms with Crippen molar-refractivity contribution in [2.45, 2.75) is 34.1 Å². The highest BCUT2D eigenvalue weighted by Gasteiger charge is 2.22. The number of rotatable bonds is 8. The smallest absolute Gasteiger partial charge is 0.238 e. The second-order valence-corrected chi connectivity index (χ2v) is 7.13. The molecule has 0 unspecified atom stereocenters. The first-order valence-corrected chi connectivity index (χ1v) is 10.1. The number of nitrogens with zero attached hydrogens (tertiary/aromatic N) is 3. The average Bonchev–Trinajstić information content (AvgIpc) is 2.66. The summed E-state index contributed by atoms with van der Waals surface area (Å²) in [4.78, 5) is 31.0. The van der Waals surface area contributed by atoms with E-state index in [0.29, 0.717) is 13.1 Å². The van der Waals surface area contributed by atoms with Crippen molar-refractivity contribution in [3.8, 4) is 0 Å². The van der Waals surface area contributed by atoms with Gasteiger partial charge >= 0.3 is 0 Å². The van der Waals surface area contributed by atoms with E-state index in [1.165, 1.54) is 5.56 Å². The number of hydrogen-bond acceptors (Lipinski definition) is 4. The van der Waals surface area contributed by atoms with Crippen molar-refractivity contribution in [1.82, 2.24) is 14.7 Å². The van der Waals surface area contributed by atoms with Crippen LogP contribution in [0.25, 0.3) is 0 Å². The summed E-state index contributed by atoms with van der Waals surface area (Å²) in [5.41, 5.74) is 3.22. The van der Waals surface area contributed by atoms with Gasteiger partial charge in [-0.05, 0) is 38.3 Å². The van der Waals surface area contributed by atoms with Gasteiger partial charge in [0.25, 0.3) is 0 Å². The van der Waals surface area contributed by atoms with Crippen LogP contribution < -0.4 is 5.32 Å². The highest BCUT2D eigenvalue weighted by molar-refractivity contribution is 5.93. The number of carbonyl (C=O) groups excluding carboxylic acids is 2. The number of nitrogens with one attached hydrogen (secondary N) is 1. The minimum Gasteiger partial charge on any atom is -0.342 e. The number of likely N-dealkylation sites (N-methyl/N-ethyl adjacent to an activating group) is 1. The van der Waals surface area contributed by atoms with Crippen LogP contribution in [-0.2, 0) is 16.0 Å². The molecule has 27 heavy (non-hydrogen) atoms. The lowest BCUT2D eigenvalue weighted by Gasteiger charge is -2.34. The Bertz CT molecular complexity index is 635. The van der Waals surface area contributed by atoms with Crippen LogP contribution in [0.5, 0.6) is 0 Å². The van der Waals surface area contributed by atoms with Gasteiger partial charge in [-0.3, -0.25) is 19.4 Å². The Morgan fingerprint density at radius 3 is 2.15 bits per heavy atom. The first-order chi connectivity index (χ1) is 13.0. The lowest BCUT2D eigenvalue weighted by atomic mass is 10.1. The number of carbonyl (C=O) groups is 2. The molecule has 1 aliphatic heterocycles. The van der Waals surface area contributed by atoms with Gasteiger partial charge in [-0.15, -0.1) is 0 Å². The second-order valence-electron chi connectivity index (χ2n) is 7.13. The van der Waals surface area contributed by atoms with Crippen molar-refractivity contribution in [3.63, 3.8) is 0 Å². The molecule has 1 aromatic rings. The SMILES string of the molecule is CCc1cccc(C)c1NC(=O)CN1CCN(CC(=O)N(CC)CC)CC1. The lowest BCUT2D eigenvalue weighted by Crippen LogP contribution is -2.51. The summed E-state index contributed by atoms with van der Waals surface area (Å²) >= 11 is 0. The van der Waals surface area contributed by atoms with Crippen molar-refractivity contribution >= 4 is 17.5 Å². The van der Waals surface area contributed by atoms with Gasteiger partial charge in [-0.25, -0.2) is 0 Å². The van der Waals surface area contributed by atoms with E-state index in [2.05, 4.69) is 28.1 Å². The monoisotopic (exact) mass is 374 g/mol. The summed E-state index contributed by atoms with van der Waals surface area (Å²) < 4.78 is 0. The fraction of sp³-hybridized carbons (Fsp3) is 0.619. The topological polar surface area (TPSA) is 55.9 Å². The molecule has 1 aliphatic rings. The highest BCUT2D eigenvalue weighted by atomic mass is 16.2. The number of piperazine rings is 1. The van der Waals surface area contributed by atoms with Crippen LogP contribution in [0.1, 0.15) is 31.9 Å². The zero-order valence-corrected chi connectivity index (χ0v) is 17.3. The number of hydrogen-bond donors (Lipinski definition) is 1. The van der Waals surface area contributed by atoms with E-state index in [0.717, 1.165) is 56.9 Å². The summed E-state index contributed by atoms with van der Waals surface area (Å²) in [7, 11) is 0. The van der Waals surface area contributed by atoms with Gasteiger partial charge < -0.3 is 10.2 Å².